The molecule has 3 aliphatic rings. The molecule has 6 aromatic carbocycles. The van der Waals surface area contributed by atoms with Gasteiger partial charge in [0.1, 0.15) is 51.2 Å². The second-order valence-corrected chi connectivity index (χ2v) is 39.8. The Morgan fingerprint density at radius 3 is 1.59 bits per heavy atom. The van der Waals surface area contributed by atoms with Gasteiger partial charge >= 0.3 is 5.97 Å². The van der Waals surface area contributed by atoms with Gasteiger partial charge in [0.05, 0.1) is 77.3 Å². The number of fused-ring (bicyclic) bond motifs is 2. The van der Waals surface area contributed by atoms with Crippen molar-refractivity contribution in [1.29, 1.82) is 0 Å². The normalized spacial score (nSPS) is 14.7. The number of primary amides is 1. The van der Waals surface area contributed by atoms with Gasteiger partial charge in [-0.3, -0.25) is 43.2 Å². The topological polar surface area (TPSA) is 338 Å². The van der Waals surface area contributed by atoms with E-state index in [1.165, 1.54) is 120 Å². The van der Waals surface area contributed by atoms with Gasteiger partial charge in [0.2, 0.25) is 35.2 Å². The number of esters is 1. The number of Topliss-reactive ketones (excluding diaryl/α,β-unsaturated/α-hetero) is 2. The Morgan fingerprint density at radius 2 is 1.00 bits per heavy atom. The number of hydrogen-bond acceptors (Lipinski definition) is 21. The molecular weight excluding hydrogens is 1870 g/mol. The Balaban J connectivity index is 0.695. The van der Waals surface area contributed by atoms with Crippen LogP contribution in [0.5, 0.6) is 0 Å². The number of rotatable bonds is 78. The zero-order valence-electron chi connectivity index (χ0n) is 88.0. The van der Waals surface area contributed by atoms with Crippen LogP contribution in [-0.2, 0) is 102 Å². The van der Waals surface area contributed by atoms with Crippen LogP contribution in [0.2, 0.25) is 0 Å². The molecular formula is C118H165N8O19S+. The zero-order valence-corrected chi connectivity index (χ0v) is 88.8. The number of benzene rings is 6. The van der Waals surface area contributed by atoms with Crippen molar-refractivity contribution in [2.45, 2.75) is 238 Å². The SMILES string of the molecule is CCCCCCCCCCCCCCCC(=O)OCCSC[C@H](NC(=O)COCC(=O)CCCCOCCOCCOCCCNC(=O)c1ccc(C2=C(/C=C/C3=[N+](CCC)c4ccccc4C3(C)C)CCC/C2=C\C=C2\N(CCC)c3ccccc3C2(C)C)cc1)C(=O)NCC(=O)C[C@H](COC(c1ccccc1)(c1ccccc1)c1ccccc1)C(=O)NCCCOCCOCCOCCCNC(=O)COCC(N)=O. The molecule has 6 amide bonds. The molecule has 2 aliphatic heterocycles. The second-order valence-electron chi connectivity index (χ2n) is 38.6. The van der Waals surface area contributed by atoms with Crippen LogP contribution in [0.3, 0.4) is 0 Å². The van der Waals surface area contributed by atoms with E-state index in [-0.39, 0.29) is 99.2 Å². The van der Waals surface area contributed by atoms with E-state index in [9.17, 15) is 43.2 Å². The van der Waals surface area contributed by atoms with Crippen molar-refractivity contribution >= 4 is 87.4 Å². The summed E-state index contributed by atoms with van der Waals surface area (Å²) in [5.74, 6) is -4.67. The number of para-hydroxylation sites is 2. The lowest BCUT2D eigenvalue weighted by Crippen LogP contribution is -2.50. The van der Waals surface area contributed by atoms with Gasteiger partial charge in [-0.25, -0.2) is 0 Å². The van der Waals surface area contributed by atoms with Crippen molar-refractivity contribution in [2.24, 2.45) is 11.7 Å². The van der Waals surface area contributed by atoms with E-state index in [0.717, 1.165) is 93.1 Å². The largest absolute Gasteiger partial charge is 0.465 e. The fourth-order valence-electron chi connectivity index (χ4n) is 18.7. The molecule has 27 nitrogen and oxygen atoms in total. The van der Waals surface area contributed by atoms with Gasteiger partial charge in [-0.15, -0.1) is 0 Å². The Morgan fingerprint density at radius 1 is 0.473 bits per heavy atom. The van der Waals surface area contributed by atoms with Crippen LogP contribution < -0.4 is 37.2 Å². The summed E-state index contributed by atoms with van der Waals surface area (Å²) in [5.41, 5.74) is 19.2. The third kappa shape index (κ3) is 40.8. The van der Waals surface area contributed by atoms with E-state index in [1.54, 1.807) is 0 Å². The minimum absolute atomic E-state index is 0.0327. The molecule has 2 heterocycles. The van der Waals surface area contributed by atoms with Gasteiger partial charge < -0.3 is 84.6 Å². The smallest absolute Gasteiger partial charge is 0.305 e. The number of allylic oxidation sites excluding steroid dienone is 8. The predicted molar refractivity (Wildman–Crippen MR) is 578 cm³/mol. The quantitative estimate of drug-likeness (QED) is 0.00894. The van der Waals surface area contributed by atoms with E-state index in [2.05, 4.69) is 169 Å². The number of hydrogen-bond donors (Lipinski definition) is 6. The van der Waals surface area contributed by atoms with Gasteiger partial charge in [-0.05, 0) is 147 Å². The zero-order chi connectivity index (χ0) is 104. The summed E-state index contributed by atoms with van der Waals surface area (Å²) in [4.78, 5) is 121. The third-order valence-corrected chi connectivity index (χ3v) is 27.4. The molecule has 0 unspecified atom stereocenters. The molecule has 0 bridgehead atoms. The number of nitrogens with zero attached hydrogens (tertiary/aromatic N) is 2. The van der Waals surface area contributed by atoms with Gasteiger partial charge in [0.25, 0.3) is 5.91 Å². The highest BCUT2D eigenvalue weighted by Crippen LogP contribution is 2.49. The van der Waals surface area contributed by atoms with Gasteiger partial charge in [-0.1, -0.05) is 263 Å². The molecule has 28 heteroatoms. The van der Waals surface area contributed by atoms with Crippen LogP contribution in [0.4, 0.5) is 11.4 Å². The molecule has 0 saturated heterocycles. The van der Waals surface area contributed by atoms with Crippen LogP contribution >= 0.6 is 11.8 Å². The van der Waals surface area contributed by atoms with Crippen molar-refractivity contribution < 1.29 is 95.1 Å². The predicted octanol–water partition coefficient (Wildman–Crippen LogP) is 18.1. The average molecular weight is 2030 g/mol. The Bertz CT molecular complexity index is 5010. The maximum atomic E-state index is 14.5. The summed E-state index contributed by atoms with van der Waals surface area (Å²) in [5, 5.41) is 14.2. The summed E-state index contributed by atoms with van der Waals surface area (Å²) in [6.07, 6.45) is 32.9. The number of carbonyl (C=O) groups is 9. The first kappa shape index (κ1) is 119. The number of ketones is 2. The number of unbranched alkanes of at least 4 members (excludes halogenated alkanes) is 13. The van der Waals surface area contributed by atoms with Crippen LogP contribution in [0.25, 0.3) is 5.57 Å². The molecule has 6 aromatic rings. The number of carbonyl (C=O) groups excluding carboxylic acids is 9. The molecule has 0 radical (unpaired) electrons. The Kier molecular flexibility index (Phi) is 55.4. The minimum atomic E-state index is -1.24. The maximum absolute atomic E-state index is 14.5. The van der Waals surface area contributed by atoms with Crippen molar-refractivity contribution in [3.05, 3.63) is 244 Å². The first-order valence-corrected chi connectivity index (χ1v) is 54.7. The molecule has 0 fully saturated rings. The highest BCUT2D eigenvalue weighted by Gasteiger charge is 2.45. The lowest BCUT2D eigenvalue weighted by atomic mass is 9.79. The van der Waals surface area contributed by atoms with Gasteiger partial charge in [0.15, 0.2) is 17.3 Å². The lowest BCUT2D eigenvalue weighted by molar-refractivity contribution is -0.437. The molecule has 7 N–H and O–H groups in total. The number of nitrogens with one attached hydrogen (secondary N) is 5. The number of ether oxygens (including phenoxy) is 10. The molecule has 0 aromatic heterocycles. The van der Waals surface area contributed by atoms with Crippen molar-refractivity contribution in [2.75, 3.05) is 175 Å². The fourth-order valence-corrected chi connectivity index (χ4v) is 19.5. The van der Waals surface area contributed by atoms with Crippen LogP contribution in [-0.4, -0.2) is 239 Å². The van der Waals surface area contributed by atoms with E-state index < -0.39 is 60.1 Å². The van der Waals surface area contributed by atoms with Gasteiger partial charge in [-0.2, -0.15) is 16.3 Å². The fraction of sp³-hybridized carbons (Fsp3) is 0.542. The number of anilines is 1. The number of nitrogens with two attached hydrogens (primary N) is 1. The summed E-state index contributed by atoms with van der Waals surface area (Å²) in [7, 11) is 0. The minimum Gasteiger partial charge on any atom is -0.465 e. The molecule has 796 valence electrons. The molecule has 1 aliphatic carbocycles. The first-order chi connectivity index (χ1) is 71.1. The van der Waals surface area contributed by atoms with E-state index in [4.69, 9.17) is 53.1 Å². The second kappa shape index (κ2) is 68.1. The van der Waals surface area contributed by atoms with Crippen molar-refractivity contribution in [3.8, 4) is 0 Å². The highest BCUT2D eigenvalue weighted by atomic mass is 32.2. The molecule has 0 spiro atoms. The summed E-state index contributed by atoms with van der Waals surface area (Å²) < 4.78 is 60.1. The average Bonchev–Trinajstić information content (AvgIpc) is 1.56. The van der Waals surface area contributed by atoms with Crippen LogP contribution in [0.1, 0.15) is 259 Å². The van der Waals surface area contributed by atoms with E-state index in [0.29, 0.717) is 136 Å². The third-order valence-electron chi connectivity index (χ3n) is 26.4. The monoisotopic (exact) mass is 2030 g/mol. The molecule has 9 rings (SSSR count). The van der Waals surface area contributed by atoms with Crippen molar-refractivity contribution in [1.82, 2.24) is 26.6 Å². The number of amides is 6. The van der Waals surface area contributed by atoms with E-state index >= 15 is 0 Å². The highest BCUT2D eigenvalue weighted by molar-refractivity contribution is 7.99. The molecule has 146 heavy (non-hydrogen) atoms. The first-order valence-electron chi connectivity index (χ1n) is 53.5. The van der Waals surface area contributed by atoms with Crippen molar-refractivity contribution in [3.63, 3.8) is 0 Å². The summed E-state index contributed by atoms with van der Waals surface area (Å²) in [6, 6.07) is 53.5. The summed E-state index contributed by atoms with van der Waals surface area (Å²) >= 11 is 1.28. The molecule has 2 atom stereocenters. The lowest BCUT2D eigenvalue weighted by Gasteiger charge is -2.37. The number of thioether (sulfide) groups is 1. The van der Waals surface area contributed by atoms with Crippen LogP contribution in [0, 0.1) is 5.92 Å². The van der Waals surface area contributed by atoms with E-state index in [1.807, 2.05) is 103 Å². The molecule has 0 saturated carbocycles. The van der Waals surface area contributed by atoms with Crippen LogP contribution in [0.15, 0.2) is 205 Å². The summed E-state index contributed by atoms with van der Waals surface area (Å²) in [6.45, 7) is 21.1. The standard InChI is InChI=1S/C118H164N8O19S/c1-8-11-12-13-14-15-16-17-18-19-20-21-31-55-111(132)144-81-82-146-90-103(115(135)123-84-100(128)83-95(85-145-118(96-44-25-22-26-45-96,97-46-27-23-28-47-97)98-48-29-24-30-49-98)114(134)122-66-41-72-139-76-80-141-78-74-137-70-39-64-120-109(130)88-143-87-108(119)129)124-110(131)89-142-86-99(127)50-36-37-69-136-73-77-140-79-75-138-71-40-65-121-113(133)94-58-56-93(57-59-94)112-91(60-62-106-116(4,5)101-51-32-34-53-104(101)125(106)67-9-2)42-38-43-92(112)61-63-107-117(6,7)102-52-33-35-54-105(102)126(107)68-10-3/h22-30,32-35,44-49,51-54,56-63,95,103H,8-21,31,36-43,50,55,64-90H2,1-7H3,(H6-,119,120,121,122,123,124,129,130,131,133,134,135)/p+1/t95-,103+/m1/s1. The Labute approximate surface area is 872 Å². The van der Waals surface area contributed by atoms with Gasteiger partial charge in [0, 0.05) is 130 Å². The maximum Gasteiger partial charge on any atom is 0.305 e. The Hall–Kier alpha value is -10.6.